The molecule has 1 amide bonds. The van der Waals surface area contributed by atoms with E-state index in [1.165, 1.54) is 13.2 Å². The number of rotatable bonds is 7. The molecule has 0 atom stereocenters. The molecule has 0 aliphatic carbocycles. The van der Waals surface area contributed by atoms with Crippen molar-refractivity contribution in [1.29, 1.82) is 0 Å². The number of benzene rings is 2. The topological polar surface area (TPSA) is 63.4 Å². The van der Waals surface area contributed by atoms with Gasteiger partial charge in [0, 0.05) is 12.2 Å². The molecule has 0 saturated carbocycles. The summed E-state index contributed by atoms with van der Waals surface area (Å²) in [7, 11) is 1.29. The smallest absolute Gasteiger partial charge is 0.407 e. The Bertz CT molecular complexity index is 1190. The summed E-state index contributed by atoms with van der Waals surface area (Å²) in [6.07, 6.45) is -4.28. The molecule has 0 aromatic heterocycles. The highest BCUT2D eigenvalue weighted by atomic mass is 32.1. The van der Waals surface area contributed by atoms with Gasteiger partial charge in [-0.15, -0.1) is 0 Å². The summed E-state index contributed by atoms with van der Waals surface area (Å²) in [6.45, 7) is 10.9. The van der Waals surface area contributed by atoms with Crippen LogP contribution in [0.5, 0.6) is 5.75 Å². The number of alkyl halides is 3. The quantitative estimate of drug-likeness (QED) is 0.222. The maximum atomic E-state index is 13.4. The molecule has 184 valence electrons. The minimum absolute atomic E-state index is 0.0442. The molecule has 2 aromatic rings. The molecule has 11 heteroatoms. The summed E-state index contributed by atoms with van der Waals surface area (Å²) in [5, 5.41) is 0.0751. The first-order valence-corrected chi connectivity index (χ1v) is 10.9. The number of halogens is 3. The SMILES string of the molecule is [C-]#[N+]c1ccc(N2C(=O)C(C)(C)N(CCCOc3ccc(C(=O)OC)cc3)C2=S)cc1C(F)(F)F. The number of amides is 1. The first-order valence-electron chi connectivity index (χ1n) is 10.5. The lowest BCUT2D eigenvalue weighted by atomic mass is 10.0. The molecular formula is C24H22F3N3O4S. The fourth-order valence-corrected chi connectivity index (χ4v) is 4.15. The minimum Gasteiger partial charge on any atom is -0.494 e. The summed E-state index contributed by atoms with van der Waals surface area (Å²) in [6, 6.07) is 9.51. The van der Waals surface area contributed by atoms with Crippen molar-refractivity contribution >= 4 is 40.6 Å². The number of carbonyl (C=O) groups excluding carboxylic acids is 2. The Kier molecular flexibility index (Phi) is 7.36. The van der Waals surface area contributed by atoms with Gasteiger partial charge in [0.25, 0.3) is 5.91 Å². The van der Waals surface area contributed by atoms with Crippen LogP contribution < -0.4 is 9.64 Å². The lowest BCUT2D eigenvalue weighted by molar-refractivity contribution is -0.136. The summed E-state index contributed by atoms with van der Waals surface area (Å²) < 4.78 is 50.6. The van der Waals surface area contributed by atoms with Gasteiger partial charge in [-0.2, -0.15) is 13.2 Å². The van der Waals surface area contributed by atoms with Gasteiger partial charge in [-0.1, -0.05) is 6.07 Å². The van der Waals surface area contributed by atoms with E-state index in [-0.39, 0.29) is 17.4 Å². The molecule has 1 heterocycles. The van der Waals surface area contributed by atoms with Gasteiger partial charge in [-0.3, -0.25) is 9.69 Å². The van der Waals surface area contributed by atoms with Gasteiger partial charge < -0.3 is 14.4 Å². The summed E-state index contributed by atoms with van der Waals surface area (Å²) in [4.78, 5) is 30.3. The van der Waals surface area contributed by atoms with Gasteiger partial charge in [0.05, 0.1) is 31.4 Å². The van der Waals surface area contributed by atoms with E-state index in [4.69, 9.17) is 23.5 Å². The molecule has 3 rings (SSSR count). The third kappa shape index (κ3) is 5.22. The van der Waals surface area contributed by atoms with Crippen LogP contribution in [0.4, 0.5) is 24.5 Å². The van der Waals surface area contributed by atoms with E-state index in [1.807, 2.05) is 0 Å². The average Bonchev–Trinajstić information content (AvgIpc) is 2.99. The third-order valence-corrected chi connectivity index (χ3v) is 5.96. The molecule has 0 bridgehead atoms. The number of hydrogen-bond acceptors (Lipinski definition) is 5. The van der Waals surface area contributed by atoms with Crippen molar-refractivity contribution in [1.82, 2.24) is 4.90 Å². The van der Waals surface area contributed by atoms with Crippen molar-refractivity contribution in [2.24, 2.45) is 0 Å². The molecule has 2 aromatic carbocycles. The molecule has 0 N–H and O–H groups in total. The Morgan fingerprint density at radius 2 is 1.83 bits per heavy atom. The highest BCUT2D eigenvalue weighted by Crippen LogP contribution is 2.40. The van der Waals surface area contributed by atoms with Crippen LogP contribution >= 0.6 is 12.2 Å². The number of methoxy groups -OCH3 is 1. The highest BCUT2D eigenvalue weighted by Gasteiger charge is 2.49. The monoisotopic (exact) mass is 505 g/mol. The van der Waals surface area contributed by atoms with Crippen LogP contribution in [0, 0.1) is 6.57 Å². The lowest BCUT2D eigenvalue weighted by Gasteiger charge is -2.29. The van der Waals surface area contributed by atoms with Crippen molar-refractivity contribution < 1.29 is 32.2 Å². The Morgan fingerprint density at radius 1 is 1.17 bits per heavy atom. The first-order chi connectivity index (χ1) is 16.4. The Balaban J connectivity index is 1.70. The van der Waals surface area contributed by atoms with Crippen LogP contribution in [0.3, 0.4) is 0 Å². The van der Waals surface area contributed by atoms with Gasteiger partial charge in [-0.05, 0) is 68.9 Å². The van der Waals surface area contributed by atoms with E-state index in [1.54, 1.807) is 43.0 Å². The summed E-state index contributed by atoms with van der Waals surface area (Å²) in [5.41, 5.74) is -2.41. The van der Waals surface area contributed by atoms with E-state index in [2.05, 4.69) is 9.58 Å². The van der Waals surface area contributed by atoms with Crippen LogP contribution in [0.1, 0.15) is 36.2 Å². The molecule has 35 heavy (non-hydrogen) atoms. The van der Waals surface area contributed by atoms with Gasteiger partial charge in [0.1, 0.15) is 11.3 Å². The summed E-state index contributed by atoms with van der Waals surface area (Å²) >= 11 is 5.47. The van der Waals surface area contributed by atoms with Crippen molar-refractivity contribution in [3.8, 4) is 5.75 Å². The Labute approximate surface area is 205 Å². The number of hydrogen-bond donors (Lipinski definition) is 0. The fraction of sp³-hybridized carbons (Fsp3) is 0.333. The minimum atomic E-state index is -4.75. The molecule has 1 aliphatic rings. The largest absolute Gasteiger partial charge is 0.494 e. The molecular weight excluding hydrogens is 483 g/mol. The van der Waals surface area contributed by atoms with Crippen LogP contribution in [-0.2, 0) is 15.7 Å². The second-order valence-electron chi connectivity index (χ2n) is 8.16. The van der Waals surface area contributed by atoms with E-state index in [9.17, 15) is 22.8 Å². The zero-order chi connectivity index (χ0) is 26.0. The zero-order valence-electron chi connectivity index (χ0n) is 19.2. The van der Waals surface area contributed by atoms with Crippen molar-refractivity contribution in [2.45, 2.75) is 32.0 Å². The number of anilines is 1. The Morgan fingerprint density at radius 3 is 2.40 bits per heavy atom. The highest BCUT2D eigenvalue weighted by molar-refractivity contribution is 7.80. The standard InChI is InChI=1S/C24H22F3N3O4S/c1-23(2)21(32)30(16-8-11-19(28-3)18(14-16)24(25,26)27)22(35)29(23)12-5-13-34-17-9-6-15(7-10-17)20(31)33-4/h6-11,14H,5,12-13H2,1-2,4H3. The predicted octanol–water partition coefficient (Wildman–Crippen LogP) is 5.22. The van der Waals surface area contributed by atoms with Crippen LogP contribution in [0.25, 0.3) is 4.85 Å². The molecule has 7 nitrogen and oxygen atoms in total. The maximum absolute atomic E-state index is 13.4. The van der Waals surface area contributed by atoms with Crippen LogP contribution in [0.2, 0.25) is 0 Å². The maximum Gasteiger partial charge on any atom is 0.407 e. The summed E-state index contributed by atoms with van der Waals surface area (Å²) in [5.74, 6) is -0.384. The van der Waals surface area contributed by atoms with Gasteiger partial charge in [0.15, 0.2) is 10.8 Å². The van der Waals surface area contributed by atoms with E-state index >= 15 is 0 Å². The first kappa shape index (κ1) is 26.0. The van der Waals surface area contributed by atoms with Crippen molar-refractivity contribution in [3.05, 3.63) is 65.0 Å². The molecule has 0 unspecified atom stereocenters. The van der Waals surface area contributed by atoms with E-state index in [0.29, 0.717) is 24.3 Å². The third-order valence-electron chi connectivity index (χ3n) is 5.56. The second kappa shape index (κ2) is 9.92. The molecule has 1 fully saturated rings. The zero-order valence-corrected chi connectivity index (χ0v) is 20.0. The number of carbonyl (C=O) groups is 2. The van der Waals surface area contributed by atoms with Gasteiger partial charge in [-0.25, -0.2) is 9.64 Å². The van der Waals surface area contributed by atoms with E-state index < -0.39 is 34.8 Å². The van der Waals surface area contributed by atoms with Crippen molar-refractivity contribution in [3.63, 3.8) is 0 Å². The fourth-order valence-electron chi connectivity index (χ4n) is 3.64. The van der Waals surface area contributed by atoms with Gasteiger partial charge in [0.2, 0.25) is 0 Å². The molecule has 0 radical (unpaired) electrons. The molecule has 1 aliphatic heterocycles. The van der Waals surface area contributed by atoms with Crippen LogP contribution in [0.15, 0.2) is 42.5 Å². The lowest BCUT2D eigenvalue weighted by Crippen LogP contribution is -2.44. The number of ether oxygens (including phenoxy) is 2. The number of nitrogens with zero attached hydrogens (tertiary/aromatic N) is 3. The average molecular weight is 506 g/mol. The predicted molar refractivity (Wildman–Crippen MR) is 126 cm³/mol. The second-order valence-corrected chi connectivity index (χ2v) is 8.53. The number of thiocarbonyl (C=S) groups is 1. The van der Waals surface area contributed by atoms with Gasteiger partial charge >= 0.3 is 12.1 Å². The van der Waals surface area contributed by atoms with E-state index in [0.717, 1.165) is 17.0 Å². The normalized spacial score (nSPS) is 15.2. The van der Waals surface area contributed by atoms with Crippen molar-refractivity contribution in [2.75, 3.05) is 25.2 Å². The van der Waals surface area contributed by atoms with Crippen LogP contribution in [-0.4, -0.2) is 47.7 Å². The molecule has 0 spiro atoms. The molecule has 1 saturated heterocycles. The Hall–Kier alpha value is -3.65. The number of esters is 1.